The van der Waals surface area contributed by atoms with E-state index in [2.05, 4.69) is 19.7 Å². The Morgan fingerprint density at radius 3 is 2.86 bits per heavy atom. The van der Waals surface area contributed by atoms with Crippen molar-refractivity contribution in [1.29, 1.82) is 0 Å². The normalized spacial score (nSPS) is 12.0. The number of hydrogen-bond donors (Lipinski definition) is 2. The average molecular weight is 320 g/mol. The molecule has 1 aromatic carbocycles. The zero-order valence-electron chi connectivity index (χ0n) is 12.0. The summed E-state index contributed by atoms with van der Waals surface area (Å²) in [6.45, 7) is 2.10. The molecule has 0 spiro atoms. The second-order valence-electron chi connectivity index (χ2n) is 4.77. The highest BCUT2D eigenvalue weighted by Crippen LogP contribution is 2.14. The molecule has 0 unspecified atom stereocenters. The van der Waals surface area contributed by atoms with Crippen LogP contribution in [-0.2, 0) is 22.9 Å². The summed E-state index contributed by atoms with van der Waals surface area (Å²) in [5, 5.41) is 0.0712. The number of hydrogen-bond acceptors (Lipinski definition) is 5. The predicted molar refractivity (Wildman–Crippen MR) is 80.9 cm³/mol. The summed E-state index contributed by atoms with van der Waals surface area (Å²) in [7, 11) is -3.59. The van der Waals surface area contributed by atoms with E-state index in [1.54, 1.807) is 0 Å². The topological polar surface area (TPSA) is 101 Å². The fourth-order valence-corrected chi connectivity index (χ4v) is 3.03. The summed E-state index contributed by atoms with van der Waals surface area (Å²) < 4.78 is 32.2. The van der Waals surface area contributed by atoms with E-state index in [9.17, 15) is 8.42 Å². The number of para-hydroxylation sites is 2. The van der Waals surface area contributed by atoms with Gasteiger partial charge in [-0.3, -0.25) is 0 Å². The number of aromatic nitrogens is 3. The van der Waals surface area contributed by atoms with Gasteiger partial charge in [-0.15, -0.1) is 0 Å². The van der Waals surface area contributed by atoms with Crippen LogP contribution in [0, 0.1) is 0 Å². The minimum absolute atomic E-state index is 0.0712. The Kier molecular flexibility index (Phi) is 3.95. The first-order chi connectivity index (χ1) is 10.6. The first-order valence-electron chi connectivity index (χ1n) is 6.96. The molecule has 0 fully saturated rings. The van der Waals surface area contributed by atoms with Crippen LogP contribution >= 0.6 is 0 Å². The number of imidazole rings is 1. The predicted octanol–water partition coefficient (Wildman–Crippen LogP) is 1.63. The molecule has 2 aromatic heterocycles. The molecular weight excluding hydrogens is 304 g/mol. The molecule has 0 saturated carbocycles. The number of nitrogens with one attached hydrogen (secondary N) is 2. The van der Waals surface area contributed by atoms with Crippen LogP contribution in [0.2, 0.25) is 0 Å². The summed E-state index contributed by atoms with van der Waals surface area (Å²) in [4.78, 5) is 11.1. The molecule has 0 aliphatic heterocycles. The number of H-pyrrole nitrogens is 1. The van der Waals surface area contributed by atoms with Crippen molar-refractivity contribution in [2.45, 2.75) is 24.8 Å². The van der Waals surface area contributed by atoms with E-state index >= 15 is 0 Å². The van der Waals surface area contributed by atoms with Crippen molar-refractivity contribution in [3.05, 3.63) is 42.2 Å². The van der Waals surface area contributed by atoms with Gasteiger partial charge >= 0.3 is 0 Å². The Balaban J connectivity index is 1.64. The lowest BCUT2D eigenvalue weighted by Crippen LogP contribution is -2.26. The third-order valence-electron chi connectivity index (χ3n) is 3.20. The van der Waals surface area contributed by atoms with Gasteiger partial charge in [-0.1, -0.05) is 19.1 Å². The van der Waals surface area contributed by atoms with E-state index in [1.165, 1.54) is 6.20 Å². The smallest absolute Gasteiger partial charge is 0.257 e. The lowest BCUT2D eigenvalue weighted by molar-refractivity contribution is 0.523. The standard InChI is InChI=1S/C14H16N4O3S/c1-2-12-15-9-14(18-12)22(19,20)16-8-7-13-17-10-5-3-4-6-11(10)21-13/h3-6,9,16H,2,7-8H2,1H3,(H,15,18). The minimum atomic E-state index is -3.59. The third-order valence-corrected chi connectivity index (χ3v) is 4.57. The lowest BCUT2D eigenvalue weighted by atomic mass is 10.3. The first kappa shape index (κ1) is 14.7. The van der Waals surface area contributed by atoms with Crippen molar-refractivity contribution in [3.63, 3.8) is 0 Å². The van der Waals surface area contributed by atoms with E-state index in [0.29, 0.717) is 30.1 Å². The van der Waals surface area contributed by atoms with Crippen LogP contribution in [0.25, 0.3) is 11.1 Å². The van der Waals surface area contributed by atoms with Gasteiger partial charge in [-0.05, 0) is 12.1 Å². The van der Waals surface area contributed by atoms with Gasteiger partial charge < -0.3 is 9.40 Å². The lowest BCUT2D eigenvalue weighted by Gasteiger charge is -2.02. The van der Waals surface area contributed by atoms with Gasteiger partial charge in [0.1, 0.15) is 11.3 Å². The maximum Gasteiger partial charge on any atom is 0.257 e. The summed E-state index contributed by atoms with van der Waals surface area (Å²) in [5.74, 6) is 1.14. The van der Waals surface area contributed by atoms with Crippen molar-refractivity contribution in [2.75, 3.05) is 6.54 Å². The summed E-state index contributed by atoms with van der Waals surface area (Å²) in [6, 6.07) is 7.42. The average Bonchev–Trinajstić information content (AvgIpc) is 3.13. The van der Waals surface area contributed by atoms with E-state index < -0.39 is 10.0 Å². The maximum absolute atomic E-state index is 12.1. The Morgan fingerprint density at radius 1 is 1.32 bits per heavy atom. The van der Waals surface area contributed by atoms with Crippen molar-refractivity contribution in [1.82, 2.24) is 19.7 Å². The highest BCUT2D eigenvalue weighted by molar-refractivity contribution is 7.89. The van der Waals surface area contributed by atoms with E-state index in [1.807, 2.05) is 31.2 Å². The number of aryl methyl sites for hydroxylation is 1. The van der Waals surface area contributed by atoms with Crippen molar-refractivity contribution in [3.8, 4) is 0 Å². The second kappa shape index (κ2) is 5.90. The van der Waals surface area contributed by atoms with Crippen LogP contribution in [-0.4, -0.2) is 29.9 Å². The van der Waals surface area contributed by atoms with Crippen LogP contribution in [0.1, 0.15) is 18.6 Å². The summed E-state index contributed by atoms with van der Waals surface area (Å²) >= 11 is 0. The van der Waals surface area contributed by atoms with Crippen molar-refractivity contribution in [2.24, 2.45) is 0 Å². The molecule has 116 valence electrons. The fraction of sp³-hybridized carbons (Fsp3) is 0.286. The number of rotatable bonds is 6. The number of sulfonamides is 1. The van der Waals surface area contributed by atoms with Crippen LogP contribution in [0.4, 0.5) is 0 Å². The fourth-order valence-electron chi connectivity index (χ4n) is 2.06. The highest BCUT2D eigenvalue weighted by atomic mass is 32.2. The molecule has 0 aliphatic carbocycles. The molecule has 0 bridgehead atoms. The SMILES string of the molecule is CCc1ncc(S(=O)(=O)NCCc2nc3ccccc3o2)[nH]1. The quantitative estimate of drug-likeness (QED) is 0.719. The van der Waals surface area contributed by atoms with Gasteiger partial charge in [0, 0.05) is 19.4 Å². The van der Waals surface area contributed by atoms with Gasteiger partial charge in [0.15, 0.2) is 16.5 Å². The Bertz CT molecular complexity index is 849. The molecule has 7 nitrogen and oxygen atoms in total. The van der Waals surface area contributed by atoms with Gasteiger partial charge in [-0.25, -0.2) is 23.1 Å². The Hall–Kier alpha value is -2.19. The third kappa shape index (κ3) is 3.02. The number of benzene rings is 1. The zero-order valence-corrected chi connectivity index (χ0v) is 12.9. The van der Waals surface area contributed by atoms with Crippen LogP contribution < -0.4 is 4.72 Å². The monoisotopic (exact) mass is 320 g/mol. The highest BCUT2D eigenvalue weighted by Gasteiger charge is 2.16. The molecule has 0 radical (unpaired) electrons. The number of oxazole rings is 1. The largest absolute Gasteiger partial charge is 0.441 e. The molecule has 3 rings (SSSR count). The minimum Gasteiger partial charge on any atom is -0.441 e. The molecule has 2 heterocycles. The van der Waals surface area contributed by atoms with E-state index in [-0.39, 0.29) is 11.6 Å². The molecule has 0 aliphatic rings. The molecule has 2 N–H and O–H groups in total. The maximum atomic E-state index is 12.1. The van der Waals surface area contributed by atoms with Crippen LogP contribution in [0.3, 0.4) is 0 Å². The molecule has 8 heteroatoms. The molecule has 0 atom stereocenters. The molecule has 22 heavy (non-hydrogen) atoms. The second-order valence-corrected chi connectivity index (χ2v) is 6.51. The zero-order chi connectivity index (χ0) is 15.6. The molecule has 0 amide bonds. The molecule has 0 saturated heterocycles. The van der Waals surface area contributed by atoms with Crippen LogP contribution in [0.15, 0.2) is 39.9 Å². The van der Waals surface area contributed by atoms with Gasteiger partial charge in [0.25, 0.3) is 10.0 Å². The van der Waals surface area contributed by atoms with Gasteiger partial charge in [0.05, 0.1) is 6.20 Å². The number of aromatic amines is 1. The van der Waals surface area contributed by atoms with E-state index in [0.717, 1.165) is 5.52 Å². The Labute approximate surface area is 127 Å². The first-order valence-corrected chi connectivity index (χ1v) is 8.45. The summed E-state index contributed by atoms with van der Waals surface area (Å²) in [6.07, 6.45) is 2.35. The number of nitrogens with zero attached hydrogens (tertiary/aromatic N) is 2. The Morgan fingerprint density at radius 2 is 2.14 bits per heavy atom. The van der Waals surface area contributed by atoms with Gasteiger partial charge in [-0.2, -0.15) is 0 Å². The van der Waals surface area contributed by atoms with Crippen LogP contribution in [0.5, 0.6) is 0 Å². The van der Waals surface area contributed by atoms with Gasteiger partial charge in [0.2, 0.25) is 0 Å². The molecule has 3 aromatic rings. The number of fused-ring (bicyclic) bond motifs is 1. The summed E-state index contributed by atoms with van der Waals surface area (Å²) in [5.41, 5.74) is 1.46. The van der Waals surface area contributed by atoms with Crippen molar-refractivity contribution >= 4 is 21.1 Å². The molecular formula is C14H16N4O3S. The van der Waals surface area contributed by atoms with Crippen molar-refractivity contribution < 1.29 is 12.8 Å². The van der Waals surface area contributed by atoms with E-state index in [4.69, 9.17) is 4.42 Å².